The molecule has 2 aromatic rings. The van der Waals surface area contributed by atoms with Crippen LogP contribution >= 0.6 is 0 Å². The maximum absolute atomic E-state index is 12.2. The first kappa shape index (κ1) is 17.2. The fraction of sp³-hybridized carbons (Fsp3) is 0.444. The van der Waals surface area contributed by atoms with Crippen molar-refractivity contribution in [3.8, 4) is 0 Å². The lowest BCUT2D eigenvalue weighted by Gasteiger charge is -2.23. The molecule has 1 amide bonds. The lowest BCUT2D eigenvalue weighted by Crippen LogP contribution is -2.38. The Kier molecular flexibility index (Phi) is 5.55. The molecule has 0 aliphatic carbocycles. The molecular formula is C18H25N3O2. The van der Waals surface area contributed by atoms with E-state index in [4.69, 9.17) is 0 Å². The third-order valence-corrected chi connectivity index (χ3v) is 4.15. The zero-order valence-electron chi connectivity index (χ0n) is 14.0. The van der Waals surface area contributed by atoms with Crippen LogP contribution in [-0.4, -0.2) is 27.3 Å². The van der Waals surface area contributed by atoms with Crippen LogP contribution in [0.15, 0.2) is 42.7 Å². The summed E-state index contributed by atoms with van der Waals surface area (Å²) in [6, 6.07) is 10.0. The summed E-state index contributed by atoms with van der Waals surface area (Å²) < 4.78 is 1.63. The van der Waals surface area contributed by atoms with Crippen molar-refractivity contribution in [2.45, 2.75) is 38.2 Å². The largest absolute Gasteiger partial charge is 0.383 e. The Bertz CT molecular complexity index is 635. The van der Waals surface area contributed by atoms with Crippen molar-refractivity contribution < 1.29 is 9.90 Å². The topological polar surface area (TPSA) is 67.2 Å². The number of rotatable bonds is 7. The third-order valence-electron chi connectivity index (χ3n) is 4.15. The number of aliphatic hydroxyl groups is 1. The molecule has 124 valence electrons. The highest BCUT2D eigenvalue weighted by molar-refractivity contribution is 5.77. The zero-order valence-corrected chi connectivity index (χ0v) is 14.0. The molecule has 23 heavy (non-hydrogen) atoms. The number of hydrogen-bond acceptors (Lipinski definition) is 3. The first-order chi connectivity index (χ1) is 10.9. The van der Waals surface area contributed by atoms with Crippen LogP contribution in [0.4, 0.5) is 0 Å². The second kappa shape index (κ2) is 7.42. The molecule has 2 N–H and O–H groups in total. The van der Waals surface area contributed by atoms with Gasteiger partial charge in [0.25, 0.3) is 0 Å². The van der Waals surface area contributed by atoms with E-state index in [0.29, 0.717) is 12.0 Å². The van der Waals surface area contributed by atoms with Crippen LogP contribution in [0.2, 0.25) is 0 Å². The van der Waals surface area contributed by atoms with Gasteiger partial charge in [0.1, 0.15) is 5.60 Å². The lowest BCUT2D eigenvalue weighted by molar-refractivity contribution is -0.122. The second-order valence-corrected chi connectivity index (χ2v) is 6.17. The SMILES string of the molecule is CCC(CC(=O)NCC(C)(O)c1cnn(C)c1)c1ccccc1. The Morgan fingerprint density at radius 1 is 1.39 bits per heavy atom. The smallest absolute Gasteiger partial charge is 0.220 e. The van der Waals surface area contributed by atoms with Crippen molar-refractivity contribution in [2.75, 3.05) is 6.54 Å². The standard InChI is InChI=1S/C18H25N3O2/c1-4-14(15-8-6-5-7-9-15)10-17(22)19-13-18(2,23)16-11-20-21(3)12-16/h5-9,11-12,14,23H,4,10,13H2,1-3H3,(H,19,22). The van der Waals surface area contributed by atoms with Gasteiger partial charge in [-0.15, -0.1) is 0 Å². The van der Waals surface area contributed by atoms with Crippen LogP contribution in [0.1, 0.15) is 43.7 Å². The van der Waals surface area contributed by atoms with Crippen LogP contribution in [0, 0.1) is 0 Å². The molecule has 1 aromatic carbocycles. The van der Waals surface area contributed by atoms with Gasteiger partial charge in [-0.3, -0.25) is 9.48 Å². The molecule has 2 rings (SSSR count). The number of carbonyl (C=O) groups is 1. The van der Waals surface area contributed by atoms with Crippen LogP contribution in [0.5, 0.6) is 0 Å². The van der Waals surface area contributed by atoms with Crippen molar-refractivity contribution >= 4 is 5.91 Å². The van der Waals surface area contributed by atoms with Gasteiger partial charge in [-0.25, -0.2) is 0 Å². The van der Waals surface area contributed by atoms with E-state index in [1.807, 2.05) is 30.3 Å². The molecule has 0 radical (unpaired) electrons. The number of amides is 1. The fourth-order valence-electron chi connectivity index (χ4n) is 2.59. The number of nitrogens with one attached hydrogen (secondary N) is 1. The lowest BCUT2D eigenvalue weighted by atomic mass is 9.92. The zero-order chi connectivity index (χ0) is 16.9. The van der Waals surface area contributed by atoms with Crippen molar-refractivity contribution in [3.63, 3.8) is 0 Å². The molecule has 1 heterocycles. The molecule has 5 nitrogen and oxygen atoms in total. The quantitative estimate of drug-likeness (QED) is 0.824. The minimum absolute atomic E-state index is 0.0510. The molecular weight excluding hydrogens is 290 g/mol. The first-order valence-corrected chi connectivity index (χ1v) is 7.95. The Morgan fingerprint density at radius 2 is 2.09 bits per heavy atom. The van der Waals surface area contributed by atoms with E-state index in [-0.39, 0.29) is 18.4 Å². The summed E-state index contributed by atoms with van der Waals surface area (Å²) in [7, 11) is 1.80. The number of benzene rings is 1. The normalized spacial score (nSPS) is 15.0. The third kappa shape index (κ3) is 4.66. The molecule has 0 saturated carbocycles. The second-order valence-electron chi connectivity index (χ2n) is 6.17. The van der Waals surface area contributed by atoms with E-state index >= 15 is 0 Å². The van der Waals surface area contributed by atoms with Crippen molar-refractivity contribution in [2.24, 2.45) is 7.05 Å². The van der Waals surface area contributed by atoms with Crippen LogP contribution in [-0.2, 0) is 17.4 Å². The Morgan fingerprint density at radius 3 is 2.65 bits per heavy atom. The maximum atomic E-state index is 12.2. The molecule has 0 fully saturated rings. The summed E-state index contributed by atoms with van der Waals surface area (Å²) in [4.78, 5) is 12.2. The molecule has 0 bridgehead atoms. The molecule has 2 atom stereocenters. The van der Waals surface area contributed by atoms with E-state index in [0.717, 1.165) is 6.42 Å². The van der Waals surface area contributed by atoms with E-state index < -0.39 is 5.60 Å². The summed E-state index contributed by atoms with van der Waals surface area (Å²) >= 11 is 0. The number of carbonyl (C=O) groups excluding carboxylic acids is 1. The fourth-order valence-corrected chi connectivity index (χ4v) is 2.59. The van der Waals surface area contributed by atoms with Crippen molar-refractivity contribution in [1.29, 1.82) is 0 Å². The summed E-state index contributed by atoms with van der Waals surface area (Å²) in [6.45, 7) is 3.93. The van der Waals surface area contributed by atoms with Gasteiger partial charge in [0, 0.05) is 25.2 Å². The number of hydrogen-bond donors (Lipinski definition) is 2. The minimum Gasteiger partial charge on any atom is -0.383 e. The molecule has 0 aliphatic rings. The molecule has 0 spiro atoms. The highest BCUT2D eigenvalue weighted by Gasteiger charge is 2.26. The summed E-state index contributed by atoms with van der Waals surface area (Å²) in [6.07, 6.45) is 4.69. The van der Waals surface area contributed by atoms with Gasteiger partial charge in [-0.2, -0.15) is 5.10 Å². The van der Waals surface area contributed by atoms with E-state index in [1.54, 1.807) is 31.0 Å². The number of aryl methyl sites for hydroxylation is 1. The average molecular weight is 315 g/mol. The van der Waals surface area contributed by atoms with Crippen LogP contribution in [0.25, 0.3) is 0 Å². The van der Waals surface area contributed by atoms with E-state index in [9.17, 15) is 9.90 Å². The van der Waals surface area contributed by atoms with E-state index in [2.05, 4.69) is 17.3 Å². The van der Waals surface area contributed by atoms with Gasteiger partial charge in [0.15, 0.2) is 0 Å². The highest BCUT2D eigenvalue weighted by Crippen LogP contribution is 2.23. The van der Waals surface area contributed by atoms with Gasteiger partial charge in [0.05, 0.1) is 12.7 Å². The van der Waals surface area contributed by atoms with Crippen LogP contribution < -0.4 is 5.32 Å². The molecule has 2 unspecified atom stereocenters. The van der Waals surface area contributed by atoms with Gasteiger partial charge < -0.3 is 10.4 Å². The van der Waals surface area contributed by atoms with Crippen LogP contribution in [0.3, 0.4) is 0 Å². The maximum Gasteiger partial charge on any atom is 0.220 e. The van der Waals surface area contributed by atoms with E-state index in [1.165, 1.54) is 5.56 Å². The monoisotopic (exact) mass is 315 g/mol. The number of aromatic nitrogens is 2. The highest BCUT2D eigenvalue weighted by atomic mass is 16.3. The van der Waals surface area contributed by atoms with Gasteiger partial charge in [-0.05, 0) is 24.8 Å². The predicted molar refractivity (Wildman–Crippen MR) is 89.9 cm³/mol. The van der Waals surface area contributed by atoms with Gasteiger partial charge >= 0.3 is 0 Å². The summed E-state index contributed by atoms with van der Waals surface area (Å²) in [5, 5.41) is 17.4. The van der Waals surface area contributed by atoms with Crippen molar-refractivity contribution in [1.82, 2.24) is 15.1 Å². The summed E-state index contributed by atoms with van der Waals surface area (Å²) in [5.41, 5.74) is 0.734. The summed E-state index contributed by atoms with van der Waals surface area (Å²) in [5.74, 6) is 0.143. The van der Waals surface area contributed by atoms with Gasteiger partial charge in [0.2, 0.25) is 5.91 Å². The molecule has 0 aliphatic heterocycles. The molecule has 0 saturated heterocycles. The Labute approximate surface area is 137 Å². The number of nitrogens with zero attached hydrogens (tertiary/aromatic N) is 2. The Balaban J connectivity index is 1.91. The molecule has 5 heteroatoms. The molecule has 1 aromatic heterocycles. The Hall–Kier alpha value is -2.14. The van der Waals surface area contributed by atoms with Gasteiger partial charge in [-0.1, -0.05) is 37.3 Å². The predicted octanol–water partition coefficient (Wildman–Crippen LogP) is 2.33. The van der Waals surface area contributed by atoms with Crippen molar-refractivity contribution in [3.05, 3.63) is 53.9 Å². The average Bonchev–Trinajstić information content (AvgIpc) is 2.99. The minimum atomic E-state index is -1.13. The first-order valence-electron chi connectivity index (χ1n) is 7.95.